The fraction of sp³-hybridized carbons (Fsp3) is 0.524. The number of H-pyrrole nitrogens is 1. The fourth-order valence-electron chi connectivity index (χ4n) is 4.40. The predicted octanol–water partition coefficient (Wildman–Crippen LogP) is 4.78. The van der Waals surface area contributed by atoms with Gasteiger partial charge in [-0.2, -0.15) is 0 Å². The molecule has 7 heteroatoms. The van der Waals surface area contributed by atoms with Gasteiger partial charge in [0.25, 0.3) is 5.91 Å². The Bertz CT molecular complexity index is 881. The molecule has 1 aromatic heterocycles. The van der Waals surface area contributed by atoms with Gasteiger partial charge in [-0.15, -0.1) is 0 Å². The molecule has 0 radical (unpaired) electrons. The molecule has 1 saturated heterocycles. The highest BCUT2D eigenvalue weighted by molar-refractivity contribution is 6.39. The lowest BCUT2D eigenvalue weighted by molar-refractivity contribution is -0.137. The third-order valence-electron chi connectivity index (χ3n) is 6.02. The maximum Gasteiger partial charge on any atom is 0.269 e. The van der Waals surface area contributed by atoms with Crippen LogP contribution in [-0.4, -0.2) is 40.8 Å². The minimum absolute atomic E-state index is 0.0500. The molecule has 1 saturated carbocycles. The molecule has 4 rings (SSSR count). The number of hydrogen-bond acceptors (Lipinski definition) is 2. The summed E-state index contributed by atoms with van der Waals surface area (Å²) in [6.07, 6.45) is 7.18. The standard InChI is InChI=1S/C21H25Cl2N3O2/c22-14-6-7-17-16(12-14)18(23)19(25-17)20(27)24-15-8-10-26(11-9-15)21(28)13-4-2-1-3-5-13/h6-7,12-13,15,25H,1-5,8-11H2,(H,24,27). The van der Waals surface area contributed by atoms with Gasteiger partial charge in [-0.05, 0) is 43.9 Å². The van der Waals surface area contributed by atoms with Crippen molar-refractivity contribution in [3.63, 3.8) is 0 Å². The number of benzene rings is 1. The Morgan fingerprint density at radius 1 is 1.04 bits per heavy atom. The molecular weight excluding hydrogens is 397 g/mol. The van der Waals surface area contributed by atoms with Crippen LogP contribution in [0.15, 0.2) is 18.2 Å². The summed E-state index contributed by atoms with van der Waals surface area (Å²) in [7, 11) is 0. The number of fused-ring (bicyclic) bond motifs is 1. The van der Waals surface area contributed by atoms with Crippen molar-refractivity contribution >= 4 is 45.9 Å². The van der Waals surface area contributed by atoms with Crippen molar-refractivity contribution in [3.8, 4) is 0 Å². The van der Waals surface area contributed by atoms with Gasteiger partial charge in [0.05, 0.1) is 5.02 Å². The Balaban J connectivity index is 1.35. The van der Waals surface area contributed by atoms with E-state index in [-0.39, 0.29) is 17.9 Å². The second-order valence-electron chi connectivity index (χ2n) is 7.91. The van der Waals surface area contributed by atoms with E-state index in [1.165, 1.54) is 19.3 Å². The van der Waals surface area contributed by atoms with Gasteiger partial charge in [0, 0.05) is 41.0 Å². The highest BCUT2D eigenvalue weighted by Gasteiger charge is 2.30. The van der Waals surface area contributed by atoms with Gasteiger partial charge in [-0.25, -0.2) is 0 Å². The topological polar surface area (TPSA) is 65.2 Å². The van der Waals surface area contributed by atoms with Crippen molar-refractivity contribution in [1.82, 2.24) is 15.2 Å². The number of rotatable bonds is 3. The molecule has 0 spiro atoms. The zero-order valence-corrected chi connectivity index (χ0v) is 17.3. The van der Waals surface area contributed by atoms with E-state index in [0.29, 0.717) is 34.7 Å². The summed E-state index contributed by atoms with van der Waals surface area (Å²) in [5, 5.41) is 4.78. The average Bonchev–Trinajstić information content (AvgIpc) is 3.05. The number of nitrogens with one attached hydrogen (secondary N) is 2. The smallest absolute Gasteiger partial charge is 0.269 e. The molecule has 0 atom stereocenters. The number of piperidine rings is 1. The van der Waals surface area contributed by atoms with Gasteiger partial charge in [0.2, 0.25) is 5.91 Å². The molecule has 5 nitrogen and oxygen atoms in total. The number of likely N-dealkylation sites (tertiary alicyclic amines) is 1. The second-order valence-corrected chi connectivity index (χ2v) is 8.73. The number of nitrogens with zero attached hydrogens (tertiary/aromatic N) is 1. The Labute approximate surface area is 174 Å². The summed E-state index contributed by atoms with van der Waals surface area (Å²) >= 11 is 12.4. The van der Waals surface area contributed by atoms with Crippen LogP contribution in [-0.2, 0) is 4.79 Å². The fourth-order valence-corrected chi connectivity index (χ4v) is 4.86. The minimum atomic E-state index is -0.214. The summed E-state index contributed by atoms with van der Waals surface area (Å²) in [5.41, 5.74) is 1.15. The average molecular weight is 422 g/mol. The lowest BCUT2D eigenvalue weighted by Gasteiger charge is -2.35. The van der Waals surface area contributed by atoms with Crippen molar-refractivity contribution in [2.24, 2.45) is 5.92 Å². The molecule has 2 heterocycles. The van der Waals surface area contributed by atoms with E-state index >= 15 is 0 Å². The van der Waals surface area contributed by atoms with Gasteiger partial charge in [-0.3, -0.25) is 9.59 Å². The Kier molecular flexibility index (Phi) is 5.83. The van der Waals surface area contributed by atoms with Crippen LogP contribution in [0, 0.1) is 5.92 Å². The van der Waals surface area contributed by atoms with E-state index in [0.717, 1.165) is 36.6 Å². The van der Waals surface area contributed by atoms with Crippen molar-refractivity contribution in [3.05, 3.63) is 33.9 Å². The first kappa shape index (κ1) is 19.6. The van der Waals surface area contributed by atoms with E-state index < -0.39 is 0 Å². The second kappa shape index (κ2) is 8.34. The van der Waals surface area contributed by atoms with Crippen LogP contribution in [0.3, 0.4) is 0 Å². The summed E-state index contributed by atoms with van der Waals surface area (Å²) in [4.78, 5) is 30.5. The van der Waals surface area contributed by atoms with Crippen LogP contribution in [0.1, 0.15) is 55.4 Å². The monoisotopic (exact) mass is 421 g/mol. The largest absolute Gasteiger partial charge is 0.349 e. The maximum atomic E-state index is 12.7. The van der Waals surface area contributed by atoms with E-state index in [4.69, 9.17) is 23.2 Å². The van der Waals surface area contributed by atoms with Crippen LogP contribution in [0.2, 0.25) is 10.0 Å². The van der Waals surface area contributed by atoms with Crippen LogP contribution in [0.25, 0.3) is 10.9 Å². The van der Waals surface area contributed by atoms with Gasteiger partial charge in [0.1, 0.15) is 5.69 Å². The number of carbonyl (C=O) groups excluding carboxylic acids is 2. The lowest BCUT2D eigenvalue weighted by atomic mass is 9.87. The number of carbonyl (C=O) groups is 2. The first-order valence-electron chi connectivity index (χ1n) is 10.1. The highest BCUT2D eigenvalue weighted by atomic mass is 35.5. The number of amides is 2. The third kappa shape index (κ3) is 4.01. The van der Waals surface area contributed by atoms with Crippen LogP contribution in [0.5, 0.6) is 0 Å². The molecule has 1 aliphatic heterocycles. The zero-order valence-electron chi connectivity index (χ0n) is 15.8. The van der Waals surface area contributed by atoms with Crippen molar-refractivity contribution in [1.29, 1.82) is 0 Å². The molecule has 1 aliphatic carbocycles. The zero-order chi connectivity index (χ0) is 19.7. The quantitative estimate of drug-likeness (QED) is 0.748. The molecule has 1 aromatic carbocycles. The number of aromatic amines is 1. The Morgan fingerprint density at radius 2 is 1.75 bits per heavy atom. The predicted molar refractivity (Wildman–Crippen MR) is 112 cm³/mol. The molecule has 0 bridgehead atoms. The van der Waals surface area contributed by atoms with E-state index in [9.17, 15) is 9.59 Å². The Morgan fingerprint density at radius 3 is 2.46 bits per heavy atom. The summed E-state index contributed by atoms with van der Waals surface area (Å²) in [6.45, 7) is 1.41. The molecule has 0 unspecified atom stereocenters. The normalized spacial score (nSPS) is 19.1. The van der Waals surface area contributed by atoms with Crippen LogP contribution >= 0.6 is 23.2 Å². The van der Waals surface area contributed by atoms with Gasteiger partial charge in [0.15, 0.2) is 0 Å². The molecule has 2 aromatic rings. The SMILES string of the molecule is O=C(NC1CCN(C(=O)C2CCCCC2)CC1)c1[nH]c2ccc(Cl)cc2c1Cl. The number of aromatic nitrogens is 1. The molecular formula is C21H25Cl2N3O2. The van der Waals surface area contributed by atoms with E-state index in [1.807, 2.05) is 11.0 Å². The van der Waals surface area contributed by atoms with Crippen LogP contribution < -0.4 is 5.32 Å². The van der Waals surface area contributed by atoms with Crippen LogP contribution in [0.4, 0.5) is 0 Å². The van der Waals surface area contributed by atoms with Gasteiger partial charge in [-0.1, -0.05) is 42.5 Å². The molecule has 28 heavy (non-hydrogen) atoms. The lowest BCUT2D eigenvalue weighted by Crippen LogP contribution is -2.48. The maximum absolute atomic E-state index is 12.7. The minimum Gasteiger partial charge on any atom is -0.349 e. The third-order valence-corrected chi connectivity index (χ3v) is 6.65. The molecule has 2 amide bonds. The molecule has 2 aliphatic rings. The first-order valence-corrected chi connectivity index (χ1v) is 10.8. The molecule has 2 fully saturated rings. The van der Waals surface area contributed by atoms with Crippen molar-refractivity contribution in [2.45, 2.75) is 51.0 Å². The van der Waals surface area contributed by atoms with E-state index in [1.54, 1.807) is 12.1 Å². The summed E-state index contributed by atoms with van der Waals surface area (Å²) in [5.74, 6) is 0.297. The van der Waals surface area contributed by atoms with Gasteiger partial charge >= 0.3 is 0 Å². The van der Waals surface area contributed by atoms with E-state index in [2.05, 4.69) is 10.3 Å². The molecule has 150 valence electrons. The molecule has 2 N–H and O–H groups in total. The van der Waals surface area contributed by atoms with Crippen molar-refractivity contribution < 1.29 is 9.59 Å². The number of halogens is 2. The number of hydrogen-bond donors (Lipinski definition) is 2. The summed E-state index contributed by atoms with van der Waals surface area (Å²) < 4.78 is 0. The summed E-state index contributed by atoms with van der Waals surface area (Å²) in [6, 6.07) is 5.38. The van der Waals surface area contributed by atoms with Gasteiger partial charge < -0.3 is 15.2 Å². The Hall–Kier alpha value is -1.72. The highest BCUT2D eigenvalue weighted by Crippen LogP contribution is 2.30. The van der Waals surface area contributed by atoms with Crippen molar-refractivity contribution in [2.75, 3.05) is 13.1 Å². The first-order chi connectivity index (χ1) is 13.5.